The van der Waals surface area contributed by atoms with Crippen LogP contribution in [0.1, 0.15) is 23.6 Å². The Morgan fingerprint density at radius 1 is 1.50 bits per heavy atom. The van der Waals surface area contributed by atoms with Crippen LogP contribution < -0.4 is 4.90 Å². The summed E-state index contributed by atoms with van der Waals surface area (Å²) in [5.74, 6) is 0. The van der Waals surface area contributed by atoms with Crippen LogP contribution in [0.4, 0.5) is 5.69 Å². The summed E-state index contributed by atoms with van der Waals surface area (Å²) in [6.45, 7) is 2.57. The van der Waals surface area contributed by atoms with Gasteiger partial charge in [-0.25, -0.2) is 0 Å². The normalized spacial score (nSPS) is 12.4. The number of rotatable bonds is 4. The molecule has 2 rings (SSSR count). The van der Waals surface area contributed by atoms with Crippen molar-refractivity contribution in [2.75, 3.05) is 11.9 Å². The second-order valence-electron chi connectivity index (χ2n) is 4.20. The highest BCUT2D eigenvalue weighted by Gasteiger charge is 2.06. The molecule has 2 heterocycles. The third-order valence-electron chi connectivity index (χ3n) is 2.65. The molecule has 0 aliphatic heterocycles. The number of anilines is 1. The highest BCUT2D eigenvalue weighted by atomic mass is 79.9. The highest BCUT2D eigenvalue weighted by molar-refractivity contribution is 9.10. The summed E-state index contributed by atoms with van der Waals surface area (Å²) < 4.78 is 1.12. The maximum atomic E-state index is 9.41. The van der Waals surface area contributed by atoms with Crippen molar-refractivity contribution in [3.63, 3.8) is 0 Å². The van der Waals surface area contributed by atoms with Crippen molar-refractivity contribution >= 4 is 33.0 Å². The molecule has 1 atom stereocenters. The van der Waals surface area contributed by atoms with Crippen molar-refractivity contribution in [3.8, 4) is 0 Å². The van der Waals surface area contributed by atoms with Crippen LogP contribution in [-0.2, 0) is 6.54 Å². The number of pyridine rings is 1. The fraction of sp³-hybridized carbons (Fsp3) is 0.308. The summed E-state index contributed by atoms with van der Waals surface area (Å²) in [4.78, 5) is 7.68. The Labute approximate surface area is 119 Å². The van der Waals surface area contributed by atoms with Crippen LogP contribution in [-0.4, -0.2) is 17.1 Å². The minimum atomic E-state index is -0.516. The molecule has 0 aliphatic carbocycles. The Morgan fingerprint density at radius 2 is 2.28 bits per heavy atom. The number of hydrogen-bond donors (Lipinski definition) is 1. The lowest BCUT2D eigenvalue weighted by Gasteiger charge is -2.18. The Kier molecular flexibility index (Phi) is 4.37. The fourth-order valence-electron chi connectivity index (χ4n) is 1.63. The molecule has 5 heteroatoms. The molecular formula is C13H15BrN2OS. The maximum Gasteiger partial charge on any atom is 0.0931 e. The smallest absolute Gasteiger partial charge is 0.0931 e. The molecule has 0 bridgehead atoms. The molecule has 0 fully saturated rings. The van der Waals surface area contributed by atoms with Gasteiger partial charge in [0, 0.05) is 21.8 Å². The van der Waals surface area contributed by atoms with Crippen LogP contribution in [0.25, 0.3) is 0 Å². The van der Waals surface area contributed by atoms with E-state index in [2.05, 4.69) is 37.3 Å². The Morgan fingerprint density at radius 3 is 2.78 bits per heavy atom. The van der Waals surface area contributed by atoms with E-state index in [4.69, 9.17) is 0 Å². The molecule has 0 saturated heterocycles. The monoisotopic (exact) mass is 326 g/mol. The lowest BCUT2D eigenvalue weighted by Crippen LogP contribution is -2.15. The van der Waals surface area contributed by atoms with Crippen LogP contribution in [0.5, 0.6) is 0 Å². The Hall–Kier alpha value is -0.910. The predicted molar refractivity (Wildman–Crippen MR) is 79.0 cm³/mol. The van der Waals surface area contributed by atoms with Gasteiger partial charge in [-0.2, -0.15) is 0 Å². The third-order valence-corrected chi connectivity index (χ3v) is 4.34. The largest absolute Gasteiger partial charge is 0.387 e. The van der Waals surface area contributed by atoms with E-state index in [0.29, 0.717) is 5.69 Å². The van der Waals surface area contributed by atoms with Gasteiger partial charge in [0.2, 0.25) is 0 Å². The lowest BCUT2D eigenvalue weighted by molar-refractivity contribution is 0.194. The van der Waals surface area contributed by atoms with E-state index < -0.39 is 6.10 Å². The first kappa shape index (κ1) is 13.5. The van der Waals surface area contributed by atoms with Crippen molar-refractivity contribution in [2.45, 2.75) is 19.6 Å². The first-order chi connectivity index (χ1) is 8.56. The summed E-state index contributed by atoms with van der Waals surface area (Å²) in [5, 5.41) is 11.5. The molecule has 0 amide bonds. The second kappa shape index (κ2) is 5.82. The SMILES string of the molecule is C[C@H](O)c1ccc(N(C)Cc2cc(Br)cs2)cn1. The van der Waals surface area contributed by atoms with Gasteiger partial charge in [-0.15, -0.1) is 11.3 Å². The number of thiophene rings is 1. The van der Waals surface area contributed by atoms with Gasteiger partial charge < -0.3 is 10.0 Å². The quantitative estimate of drug-likeness (QED) is 0.932. The lowest BCUT2D eigenvalue weighted by atomic mass is 10.2. The molecule has 3 nitrogen and oxygen atoms in total. The van der Waals surface area contributed by atoms with E-state index in [1.165, 1.54) is 4.88 Å². The molecule has 0 spiro atoms. The van der Waals surface area contributed by atoms with Gasteiger partial charge in [-0.05, 0) is 41.1 Å². The van der Waals surface area contributed by atoms with E-state index >= 15 is 0 Å². The number of aromatic nitrogens is 1. The zero-order valence-corrected chi connectivity index (χ0v) is 12.7. The number of aliphatic hydroxyl groups is 1. The van der Waals surface area contributed by atoms with Gasteiger partial charge in [0.25, 0.3) is 0 Å². The highest BCUT2D eigenvalue weighted by Crippen LogP contribution is 2.23. The summed E-state index contributed by atoms with van der Waals surface area (Å²) in [7, 11) is 2.03. The van der Waals surface area contributed by atoms with Gasteiger partial charge in [0.15, 0.2) is 0 Å². The molecule has 1 N–H and O–H groups in total. The van der Waals surface area contributed by atoms with Gasteiger partial charge in [0.05, 0.1) is 30.2 Å². The summed E-state index contributed by atoms with van der Waals surface area (Å²) in [5.41, 5.74) is 1.75. The van der Waals surface area contributed by atoms with Gasteiger partial charge in [-0.1, -0.05) is 0 Å². The summed E-state index contributed by atoms with van der Waals surface area (Å²) >= 11 is 5.19. The molecule has 0 saturated carbocycles. The minimum Gasteiger partial charge on any atom is -0.387 e. The second-order valence-corrected chi connectivity index (χ2v) is 6.12. The summed E-state index contributed by atoms with van der Waals surface area (Å²) in [6, 6.07) is 5.97. The molecule has 2 aromatic rings. The van der Waals surface area contributed by atoms with E-state index in [1.54, 1.807) is 24.5 Å². The average Bonchev–Trinajstić information content (AvgIpc) is 2.75. The first-order valence-electron chi connectivity index (χ1n) is 5.64. The minimum absolute atomic E-state index is 0.516. The Bertz CT molecular complexity index is 510. The van der Waals surface area contributed by atoms with Crippen molar-refractivity contribution in [1.29, 1.82) is 0 Å². The van der Waals surface area contributed by atoms with Crippen molar-refractivity contribution in [3.05, 3.63) is 44.8 Å². The molecule has 18 heavy (non-hydrogen) atoms. The zero-order valence-electron chi connectivity index (χ0n) is 10.3. The first-order valence-corrected chi connectivity index (χ1v) is 7.31. The van der Waals surface area contributed by atoms with Crippen LogP contribution in [0, 0.1) is 0 Å². The van der Waals surface area contributed by atoms with Crippen molar-refractivity contribution in [2.24, 2.45) is 0 Å². The van der Waals surface area contributed by atoms with Crippen LogP contribution >= 0.6 is 27.3 Å². The topological polar surface area (TPSA) is 36.4 Å². The molecule has 96 valence electrons. The molecular weight excluding hydrogens is 312 g/mol. The average molecular weight is 327 g/mol. The standard InChI is InChI=1S/C13H15BrN2OS/c1-9(17)13-4-3-11(6-15-13)16(2)7-12-5-10(14)8-18-12/h3-6,8-9,17H,7H2,1-2H3/t9-/m0/s1. The number of hydrogen-bond acceptors (Lipinski definition) is 4. The predicted octanol–water partition coefficient (Wildman–Crippen LogP) is 3.60. The van der Waals surface area contributed by atoms with E-state index in [1.807, 2.05) is 19.2 Å². The molecule has 0 aromatic carbocycles. The number of aliphatic hydroxyl groups excluding tert-OH is 1. The zero-order chi connectivity index (χ0) is 13.1. The van der Waals surface area contributed by atoms with Gasteiger partial charge in [0.1, 0.15) is 0 Å². The van der Waals surface area contributed by atoms with Gasteiger partial charge >= 0.3 is 0 Å². The summed E-state index contributed by atoms with van der Waals surface area (Å²) in [6.07, 6.45) is 1.28. The molecule has 0 unspecified atom stereocenters. The third kappa shape index (κ3) is 3.31. The molecule has 0 aliphatic rings. The van der Waals surface area contributed by atoms with Crippen LogP contribution in [0.2, 0.25) is 0 Å². The van der Waals surface area contributed by atoms with Crippen molar-refractivity contribution in [1.82, 2.24) is 4.98 Å². The number of halogens is 1. The number of nitrogens with zero attached hydrogens (tertiary/aromatic N) is 2. The Balaban J connectivity index is 2.06. The van der Waals surface area contributed by atoms with E-state index in [0.717, 1.165) is 16.7 Å². The van der Waals surface area contributed by atoms with Crippen LogP contribution in [0.3, 0.4) is 0 Å². The molecule has 2 aromatic heterocycles. The maximum absolute atomic E-state index is 9.41. The van der Waals surface area contributed by atoms with Crippen LogP contribution in [0.15, 0.2) is 34.2 Å². The molecule has 0 radical (unpaired) electrons. The fourth-order valence-corrected chi connectivity index (χ4v) is 3.14. The van der Waals surface area contributed by atoms with Gasteiger partial charge in [-0.3, -0.25) is 4.98 Å². The van der Waals surface area contributed by atoms with E-state index in [-0.39, 0.29) is 0 Å². The van der Waals surface area contributed by atoms with Crippen molar-refractivity contribution < 1.29 is 5.11 Å². The van der Waals surface area contributed by atoms with E-state index in [9.17, 15) is 5.11 Å².